The fraction of sp³-hybridized carbons (Fsp3) is 0.0526. The van der Waals surface area contributed by atoms with E-state index in [0.29, 0.717) is 16.5 Å². The van der Waals surface area contributed by atoms with E-state index in [1.165, 1.54) is 11.3 Å². The summed E-state index contributed by atoms with van der Waals surface area (Å²) in [4.78, 5) is 16.6. The van der Waals surface area contributed by atoms with Gasteiger partial charge < -0.3 is 0 Å². The first-order valence-corrected chi connectivity index (χ1v) is 9.11. The van der Waals surface area contributed by atoms with Crippen LogP contribution in [0.25, 0.3) is 17.1 Å². The van der Waals surface area contributed by atoms with Gasteiger partial charge in [-0.05, 0) is 22.4 Å². The molecule has 2 aromatic heterocycles. The minimum Gasteiger partial charge on any atom is -0.282 e. The lowest BCUT2D eigenvalue weighted by atomic mass is 10.1. The second-order valence-electron chi connectivity index (χ2n) is 5.71. The number of nitrogens with zero attached hydrogens (tertiary/aromatic N) is 3. The Hall–Kier alpha value is -3.52. The van der Waals surface area contributed by atoms with Gasteiger partial charge in [-0.2, -0.15) is 5.10 Å². The van der Waals surface area contributed by atoms with Crippen molar-refractivity contribution in [2.45, 2.75) is 6.92 Å². The van der Waals surface area contributed by atoms with Crippen LogP contribution in [0.2, 0.25) is 0 Å². The van der Waals surface area contributed by atoms with Gasteiger partial charge in [0.05, 0.1) is 5.71 Å². The zero-order valence-corrected chi connectivity index (χ0v) is 15.2. The summed E-state index contributed by atoms with van der Waals surface area (Å²) in [5.41, 5.74) is 5.94. The molecule has 7 nitrogen and oxygen atoms in total. The zero-order valence-electron chi connectivity index (χ0n) is 14.4. The Morgan fingerprint density at radius 3 is 2.59 bits per heavy atom. The van der Waals surface area contributed by atoms with Gasteiger partial charge in [0.25, 0.3) is 0 Å². The van der Waals surface area contributed by atoms with E-state index in [0.717, 1.165) is 17.0 Å². The van der Waals surface area contributed by atoms with Crippen LogP contribution in [-0.4, -0.2) is 16.0 Å². The molecule has 2 aromatic carbocycles. The van der Waals surface area contributed by atoms with Gasteiger partial charge in [0, 0.05) is 17.5 Å². The van der Waals surface area contributed by atoms with Crippen LogP contribution in [0.1, 0.15) is 12.5 Å². The summed E-state index contributed by atoms with van der Waals surface area (Å²) in [6.07, 6.45) is 0. The average molecular weight is 378 g/mol. The normalized spacial score (nSPS) is 11.5. The molecule has 0 aliphatic carbocycles. The van der Waals surface area contributed by atoms with Crippen LogP contribution in [0, 0.1) is 0 Å². The van der Waals surface area contributed by atoms with Crippen molar-refractivity contribution in [1.29, 1.82) is 0 Å². The number of aromatic nitrogens is 3. The Kier molecular flexibility index (Phi) is 4.63. The first-order chi connectivity index (χ1) is 13.2. The van der Waals surface area contributed by atoms with Crippen molar-refractivity contribution in [3.63, 3.8) is 0 Å². The molecular weight excluding hydrogens is 362 g/mol. The first-order valence-electron chi connectivity index (χ1n) is 8.23. The maximum atomic E-state index is 12.2. The molecule has 0 unspecified atom stereocenters. The molecule has 0 aliphatic heterocycles. The van der Waals surface area contributed by atoms with E-state index in [-0.39, 0.29) is 0 Å². The highest BCUT2D eigenvalue weighted by atomic mass is 32.1. The summed E-state index contributed by atoms with van der Waals surface area (Å²) in [5, 5.41) is 9.35. The second-order valence-corrected chi connectivity index (χ2v) is 6.57. The summed E-state index contributed by atoms with van der Waals surface area (Å²) in [6, 6.07) is 19.3. The van der Waals surface area contributed by atoms with E-state index in [4.69, 9.17) is 4.52 Å². The number of rotatable bonds is 5. The van der Waals surface area contributed by atoms with Gasteiger partial charge in [-0.1, -0.05) is 48.5 Å². The molecule has 0 fully saturated rings. The third-order valence-electron chi connectivity index (χ3n) is 3.92. The summed E-state index contributed by atoms with van der Waals surface area (Å²) in [6.45, 7) is 1.92. The van der Waals surface area contributed by atoms with E-state index >= 15 is 0 Å². The van der Waals surface area contributed by atoms with E-state index in [1.807, 2.05) is 67.6 Å². The molecule has 4 rings (SSSR count). The van der Waals surface area contributed by atoms with Gasteiger partial charge >= 0.3 is 11.3 Å². The molecule has 0 saturated heterocycles. The lowest BCUT2D eigenvalue weighted by molar-refractivity contribution is -0.660. The van der Waals surface area contributed by atoms with Crippen LogP contribution in [0.5, 0.6) is 0 Å². The van der Waals surface area contributed by atoms with E-state index < -0.39 is 5.63 Å². The molecule has 0 radical (unpaired) electrons. The fourth-order valence-electron chi connectivity index (χ4n) is 2.56. The number of para-hydroxylation sites is 1. The third-order valence-corrected chi connectivity index (χ3v) is 4.67. The standard InChI is InChI=1S/C19H15N5O2S/c1-13(14-8-4-2-5-9-14)21-22-19-20-16(12-27-19)17-18(25)26-23-24(17)15-10-6-3-7-11-15/h2-12H,1H3,(H-,20,22,23,25)/p+1. The topological polar surface area (TPSA) is 87.2 Å². The van der Waals surface area contributed by atoms with Crippen molar-refractivity contribution in [2.75, 3.05) is 5.43 Å². The van der Waals surface area contributed by atoms with Crippen LogP contribution in [0.4, 0.5) is 5.13 Å². The second kappa shape index (κ2) is 7.38. The highest BCUT2D eigenvalue weighted by molar-refractivity contribution is 7.14. The molecule has 0 saturated carbocycles. The zero-order chi connectivity index (χ0) is 18.6. The van der Waals surface area contributed by atoms with Crippen molar-refractivity contribution in [2.24, 2.45) is 5.10 Å². The highest BCUT2D eigenvalue weighted by Crippen LogP contribution is 2.21. The highest BCUT2D eigenvalue weighted by Gasteiger charge is 2.27. The molecule has 4 aromatic rings. The van der Waals surface area contributed by atoms with Crippen molar-refractivity contribution in [1.82, 2.24) is 10.3 Å². The van der Waals surface area contributed by atoms with Gasteiger partial charge in [0.1, 0.15) is 0 Å². The Morgan fingerprint density at radius 2 is 1.85 bits per heavy atom. The number of benzene rings is 2. The van der Waals surface area contributed by atoms with Crippen LogP contribution in [0.3, 0.4) is 0 Å². The molecule has 0 amide bonds. The average Bonchev–Trinajstić information content (AvgIpc) is 3.33. The van der Waals surface area contributed by atoms with Gasteiger partial charge in [0.2, 0.25) is 10.8 Å². The van der Waals surface area contributed by atoms with Crippen LogP contribution >= 0.6 is 11.3 Å². The van der Waals surface area contributed by atoms with Crippen molar-refractivity contribution < 1.29 is 9.20 Å². The Morgan fingerprint density at radius 1 is 1.15 bits per heavy atom. The number of hydrazone groups is 1. The molecule has 0 atom stereocenters. The van der Waals surface area contributed by atoms with Gasteiger partial charge in [-0.25, -0.2) is 9.78 Å². The van der Waals surface area contributed by atoms with Crippen molar-refractivity contribution in [3.05, 3.63) is 82.0 Å². The van der Waals surface area contributed by atoms with E-state index in [1.54, 1.807) is 10.1 Å². The number of hydrogen-bond donors (Lipinski definition) is 2. The monoisotopic (exact) mass is 378 g/mol. The minimum atomic E-state index is -0.486. The Labute approximate surface area is 158 Å². The first kappa shape index (κ1) is 16.9. The number of aromatic amines is 1. The Balaban J connectivity index is 1.61. The fourth-order valence-corrected chi connectivity index (χ4v) is 3.20. The SMILES string of the molecule is CC(=NNc1nc(-c2c(=O)o[nH][n+]2-c2ccccc2)cs1)c1ccccc1. The summed E-state index contributed by atoms with van der Waals surface area (Å²) in [5.74, 6) is 0. The van der Waals surface area contributed by atoms with Crippen LogP contribution in [-0.2, 0) is 0 Å². The van der Waals surface area contributed by atoms with Crippen molar-refractivity contribution in [3.8, 4) is 17.1 Å². The summed E-state index contributed by atoms with van der Waals surface area (Å²) >= 11 is 1.36. The predicted octanol–water partition coefficient (Wildman–Crippen LogP) is 3.20. The van der Waals surface area contributed by atoms with Crippen LogP contribution < -0.4 is 15.7 Å². The maximum absolute atomic E-state index is 12.2. The molecule has 0 spiro atoms. The van der Waals surface area contributed by atoms with E-state index in [9.17, 15) is 4.79 Å². The molecular formula is C19H16N5O2S+. The lowest BCUT2D eigenvalue weighted by Gasteiger charge is -2.00. The molecule has 27 heavy (non-hydrogen) atoms. The third kappa shape index (κ3) is 3.56. The predicted molar refractivity (Wildman–Crippen MR) is 104 cm³/mol. The smallest absolute Gasteiger partial charge is 0.282 e. The van der Waals surface area contributed by atoms with Crippen LogP contribution in [0.15, 0.2) is 80.5 Å². The van der Waals surface area contributed by atoms with Crippen molar-refractivity contribution >= 4 is 22.2 Å². The van der Waals surface area contributed by atoms with Gasteiger partial charge in [0.15, 0.2) is 5.69 Å². The summed E-state index contributed by atoms with van der Waals surface area (Å²) < 4.78 is 6.54. The number of H-pyrrole nitrogens is 1. The number of anilines is 1. The number of hydrogen-bond acceptors (Lipinski definition) is 6. The molecule has 0 bridgehead atoms. The number of nitrogens with one attached hydrogen (secondary N) is 2. The van der Waals surface area contributed by atoms with E-state index in [2.05, 4.69) is 20.8 Å². The molecule has 8 heteroatoms. The Bertz CT molecular complexity index is 1130. The summed E-state index contributed by atoms with van der Waals surface area (Å²) in [7, 11) is 0. The maximum Gasteiger partial charge on any atom is 0.437 e. The van der Waals surface area contributed by atoms with Gasteiger partial charge in [-0.3, -0.25) is 9.95 Å². The van der Waals surface area contributed by atoms with Gasteiger partial charge in [-0.15, -0.1) is 11.3 Å². The molecule has 0 aliphatic rings. The lowest BCUT2D eigenvalue weighted by Crippen LogP contribution is -2.36. The molecule has 134 valence electrons. The number of thiazole rings is 1. The largest absolute Gasteiger partial charge is 0.437 e. The molecule has 2 N–H and O–H groups in total. The minimum absolute atomic E-state index is 0.328. The molecule has 2 heterocycles. The quantitative estimate of drug-likeness (QED) is 0.317.